The smallest absolute Gasteiger partial charge is 0.322 e. The second-order valence-corrected chi connectivity index (χ2v) is 7.23. The normalized spacial score (nSPS) is 16.8. The summed E-state index contributed by atoms with van der Waals surface area (Å²) < 4.78 is 5.48. The Balaban J connectivity index is 1.55. The number of benzene rings is 1. The molecule has 1 atom stereocenters. The number of amides is 2. The lowest BCUT2D eigenvalue weighted by Crippen LogP contribution is -2.34. The fourth-order valence-electron chi connectivity index (χ4n) is 3.16. The zero-order chi connectivity index (χ0) is 18.1. The summed E-state index contributed by atoms with van der Waals surface area (Å²) in [6, 6.07) is 5.66. The number of carbonyl (C=O) groups excluding carboxylic acids is 1. The molecule has 3 aromatic rings. The largest absolute Gasteiger partial charge is 0.421 e. The molecular formula is C18H19N5O2S. The molecule has 1 fully saturated rings. The Morgan fingerprint density at radius 3 is 2.96 bits per heavy atom. The van der Waals surface area contributed by atoms with Gasteiger partial charge in [-0.25, -0.2) is 9.78 Å². The van der Waals surface area contributed by atoms with E-state index in [1.807, 2.05) is 35.4 Å². The number of thiazole rings is 1. The highest BCUT2D eigenvalue weighted by Crippen LogP contribution is 2.34. The molecule has 2 amide bonds. The highest BCUT2D eigenvalue weighted by Gasteiger charge is 2.31. The van der Waals surface area contributed by atoms with Gasteiger partial charge in [0.05, 0.1) is 6.04 Å². The molecule has 0 saturated carbocycles. The molecule has 1 aliphatic heterocycles. The minimum Gasteiger partial charge on any atom is -0.421 e. The minimum atomic E-state index is -0.107. The maximum absolute atomic E-state index is 12.9. The van der Waals surface area contributed by atoms with Crippen LogP contribution in [0.4, 0.5) is 10.5 Å². The third kappa shape index (κ3) is 3.20. The zero-order valence-electron chi connectivity index (χ0n) is 14.6. The van der Waals surface area contributed by atoms with Crippen LogP contribution < -0.4 is 5.32 Å². The molecule has 1 aliphatic rings. The van der Waals surface area contributed by atoms with Gasteiger partial charge in [-0.2, -0.15) is 0 Å². The summed E-state index contributed by atoms with van der Waals surface area (Å²) in [6.45, 7) is 4.44. The first-order chi connectivity index (χ1) is 12.6. The van der Waals surface area contributed by atoms with Crippen molar-refractivity contribution in [3.8, 4) is 11.5 Å². The van der Waals surface area contributed by atoms with Gasteiger partial charge < -0.3 is 14.6 Å². The van der Waals surface area contributed by atoms with Gasteiger partial charge in [0.2, 0.25) is 11.8 Å². The molecule has 0 unspecified atom stereocenters. The number of aryl methyl sites for hydroxylation is 2. The fraction of sp³-hybridized carbons (Fsp3) is 0.333. The van der Waals surface area contributed by atoms with Crippen molar-refractivity contribution in [3.63, 3.8) is 0 Å². The third-order valence-corrected chi connectivity index (χ3v) is 5.38. The Morgan fingerprint density at radius 2 is 2.23 bits per heavy atom. The maximum atomic E-state index is 12.9. The van der Waals surface area contributed by atoms with Crippen LogP contribution in [-0.2, 0) is 0 Å². The Bertz CT molecular complexity index is 922. The van der Waals surface area contributed by atoms with E-state index in [1.165, 1.54) is 0 Å². The number of hydrogen-bond acceptors (Lipinski definition) is 6. The predicted molar refractivity (Wildman–Crippen MR) is 99.0 cm³/mol. The van der Waals surface area contributed by atoms with Gasteiger partial charge in [-0.05, 0) is 37.5 Å². The second kappa shape index (κ2) is 6.87. The number of nitrogens with one attached hydrogen (secondary N) is 1. The van der Waals surface area contributed by atoms with Crippen LogP contribution in [0, 0.1) is 13.8 Å². The van der Waals surface area contributed by atoms with Crippen LogP contribution in [0.1, 0.15) is 35.3 Å². The molecular weight excluding hydrogens is 350 g/mol. The first kappa shape index (κ1) is 16.7. The monoisotopic (exact) mass is 369 g/mol. The molecule has 0 radical (unpaired) electrons. The Hall–Kier alpha value is -2.74. The van der Waals surface area contributed by atoms with Crippen LogP contribution >= 0.6 is 11.3 Å². The number of likely N-dealkylation sites (tertiary alicyclic amines) is 1. The molecule has 7 nitrogen and oxygen atoms in total. The van der Waals surface area contributed by atoms with E-state index in [0.717, 1.165) is 41.2 Å². The summed E-state index contributed by atoms with van der Waals surface area (Å²) in [5, 5.41) is 13.9. The summed E-state index contributed by atoms with van der Waals surface area (Å²) in [4.78, 5) is 19.1. The molecule has 0 spiro atoms. The van der Waals surface area contributed by atoms with E-state index in [2.05, 4.69) is 20.5 Å². The van der Waals surface area contributed by atoms with Gasteiger partial charge in [-0.1, -0.05) is 6.07 Å². The number of nitrogens with zero attached hydrogens (tertiary/aromatic N) is 4. The van der Waals surface area contributed by atoms with Crippen molar-refractivity contribution < 1.29 is 9.21 Å². The van der Waals surface area contributed by atoms with Crippen LogP contribution in [0.15, 0.2) is 34.2 Å². The van der Waals surface area contributed by atoms with Gasteiger partial charge in [0.15, 0.2) is 0 Å². The second-order valence-electron chi connectivity index (χ2n) is 6.31. The van der Waals surface area contributed by atoms with Gasteiger partial charge in [-0.3, -0.25) is 0 Å². The Labute approximate surface area is 155 Å². The SMILES string of the molecule is Cc1nnc(-c2ccc(C)c(NC(=O)N3CCC[C@@H]3c3nccs3)c2)o1. The molecule has 0 aliphatic carbocycles. The van der Waals surface area contributed by atoms with Crippen molar-refractivity contribution in [2.24, 2.45) is 0 Å². The fourth-order valence-corrected chi connectivity index (χ4v) is 3.94. The van der Waals surface area contributed by atoms with Crippen molar-refractivity contribution in [2.75, 3.05) is 11.9 Å². The van der Waals surface area contributed by atoms with Crippen LogP contribution in [0.25, 0.3) is 11.5 Å². The van der Waals surface area contributed by atoms with Gasteiger partial charge >= 0.3 is 6.03 Å². The summed E-state index contributed by atoms with van der Waals surface area (Å²) in [6.07, 6.45) is 3.72. The van der Waals surface area contributed by atoms with Gasteiger partial charge in [0.25, 0.3) is 0 Å². The van der Waals surface area contributed by atoms with Crippen LogP contribution in [0.5, 0.6) is 0 Å². The Morgan fingerprint density at radius 1 is 1.35 bits per heavy atom. The van der Waals surface area contributed by atoms with Gasteiger partial charge in [-0.15, -0.1) is 21.5 Å². The van der Waals surface area contributed by atoms with Crippen molar-refractivity contribution in [1.29, 1.82) is 0 Å². The molecule has 1 N–H and O–H groups in total. The molecule has 2 aromatic heterocycles. The molecule has 1 saturated heterocycles. The van der Waals surface area contributed by atoms with Gasteiger partial charge in [0.1, 0.15) is 5.01 Å². The van der Waals surface area contributed by atoms with E-state index < -0.39 is 0 Å². The number of carbonyl (C=O) groups is 1. The molecule has 134 valence electrons. The van der Waals surface area contributed by atoms with Crippen molar-refractivity contribution >= 4 is 23.1 Å². The van der Waals surface area contributed by atoms with Gasteiger partial charge in [0, 0.05) is 36.3 Å². The number of aromatic nitrogens is 3. The molecule has 26 heavy (non-hydrogen) atoms. The van der Waals surface area contributed by atoms with E-state index in [4.69, 9.17) is 4.42 Å². The van der Waals surface area contributed by atoms with E-state index in [9.17, 15) is 4.79 Å². The first-order valence-corrected chi connectivity index (χ1v) is 9.38. The average molecular weight is 369 g/mol. The number of rotatable bonds is 3. The zero-order valence-corrected chi connectivity index (χ0v) is 15.4. The van der Waals surface area contributed by atoms with Crippen LogP contribution in [0.3, 0.4) is 0 Å². The number of urea groups is 1. The molecule has 0 bridgehead atoms. The molecule has 1 aromatic carbocycles. The molecule has 3 heterocycles. The lowest BCUT2D eigenvalue weighted by atomic mass is 10.1. The standard InChI is InChI=1S/C18H19N5O2S/c1-11-5-6-13(16-22-21-12(2)25-16)10-14(11)20-18(24)23-8-3-4-15(23)17-19-7-9-26-17/h5-7,9-10,15H,3-4,8H2,1-2H3,(H,20,24)/t15-/m1/s1. The van der Waals surface area contributed by atoms with E-state index in [-0.39, 0.29) is 12.1 Å². The summed E-state index contributed by atoms with van der Waals surface area (Å²) in [5.74, 6) is 0.953. The van der Waals surface area contributed by atoms with E-state index in [0.29, 0.717) is 11.8 Å². The maximum Gasteiger partial charge on any atom is 0.322 e. The lowest BCUT2D eigenvalue weighted by molar-refractivity contribution is 0.207. The minimum absolute atomic E-state index is 0.0529. The molecule has 8 heteroatoms. The quantitative estimate of drug-likeness (QED) is 0.749. The number of hydrogen-bond donors (Lipinski definition) is 1. The Kier molecular flexibility index (Phi) is 4.42. The van der Waals surface area contributed by atoms with Crippen LogP contribution in [-0.4, -0.2) is 32.7 Å². The third-order valence-electron chi connectivity index (χ3n) is 4.50. The molecule has 4 rings (SSSR count). The topological polar surface area (TPSA) is 84.2 Å². The summed E-state index contributed by atoms with van der Waals surface area (Å²) in [7, 11) is 0. The highest BCUT2D eigenvalue weighted by atomic mass is 32.1. The van der Waals surface area contributed by atoms with Crippen molar-refractivity contribution in [1.82, 2.24) is 20.1 Å². The van der Waals surface area contributed by atoms with Crippen molar-refractivity contribution in [3.05, 3.63) is 46.2 Å². The van der Waals surface area contributed by atoms with E-state index in [1.54, 1.807) is 24.5 Å². The lowest BCUT2D eigenvalue weighted by Gasteiger charge is -2.24. The van der Waals surface area contributed by atoms with Crippen molar-refractivity contribution in [2.45, 2.75) is 32.7 Å². The summed E-state index contributed by atoms with van der Waals surface area (Å²) >= 11 is 1.59. The summed E-state index contributed by atoms with van der Waals surface area (Å²) in [5.41, 5.74) is 2.50. The average Bonchev–Trinajstić information content (AvgIpc) is 3.37. The predicted octanol–water partition coefficient (Wildman–Crippen LogP) is 4.18. The van der Waals surface area contributed by atoms with E-state index >= 15 is 0 Å². The first-order valence-electron chi connectivity index (χ1n) is 8.50. The highest BCUT2D eigenvalue weighted by molar-refractivity contribution is 7.09. The number of anilines is 1. The van der Waals surface area contributed by atoms with Crippen LogP contribution in [0.2, 0.25) is 0 Å².